The zero-order valence-corrected chi connectivity index (χ0v) is 18.1. The predicted molar refractivity (Wildman–Crippen MR) is 123 cm³/mol. The molecule has 1 heterocycles. The summed E-state index contributed by atoms with van der Waals surface area (Å²) in [5.74, 6) is 0.260. The Morgan fingerprint density at radius 3 is 2.36 bits per heavy atom. The lowest BCUT2D eigenvalue weighted by molar-refractivity contribution is 0.0734. The molecular weight excluding hydrogens is 423 g/mol. The summed E-state index contributed by atoms with van der Waals surface area (Å²) in [6.45, 7) is 4.09. The van der Waals surface area contributed by atoms with E-state index in [4.69, 9.17) is 13.9 Å². The molecule has 0 radical (unpaired) electrons. The summed E-state index contributed by atoms with van der Waals surface area (Å²) in [5, 5.41) is 0.612. The van der Waals surface area contributed by atoms with E-state index in [0.717, 1.165) is 0 Å². The number of benzene rings is 3. The number of halogens is 1. The SMILES string of the molecule is CCOc1ccc2oc(C)c(C(=O)Oc3ccc(C(=O)/C=C/c4ccc(F)cc4)cc3)c2c1. The molecular formula is C27H21FO5. The Morgan fingerprint density at radius 2 is 1.67 bits per heavy atom. The number of allylic oxidation sites excluding steroid dienone is 1. The Labute approximate surface area is 190 Å². The van der Waals surface area contributed by atoms with Crippen LogP contribution in [-0.4, -0.2) is 18.4 Å². The molecule has 0 N–H and O–H groups in total. The highest BCUT2D eigenvalue weighted by molar-refractivity contribution is 6.07. The maximum atomic E-state index is 13.0. The number of ketones is 1. The fourth-order valence-corrected chi connectivity index (χ4v) is 3.40. The number of carbonyl (C=O) groups is 2. The number of carbonyl (C=O) groups excluding carboxylic acids is 2. The fraction of sp³-hybridized carbons (Fsp3) is 0.111. The molecule has 4 rings (SSSR count). The average Bonchev–Trinajstić information content (AvgIpc) is 3.14. The molecule has 0 saturated carbocycles. The van der Waals surface area contributed by atoms with E-state index >= 15 is 0 Å². The van der Waals surface area contributed by atoms with Crippen molar-refractivity contribution >= 4 is 28.8 Å². The molecule has 0 unspecified atom stereocenters. The van der Waals surface area contributed by atoms with E-state index in [1.807, 2.05) is 6.92 Å². The van der Waals surface area contributed by atoms with Crippen LogP contribution in [0.2, 0.25) is 0 Å². The van der Waals surface area contributed by atoms with Crippen LogP contribution in [0.25, 0.3) is 17.0 Å². The Morgan fingerprint density at radius 1 is 0.970 bits per heavy atom. The van der Waals surface area contributed by atoms with Gasteiger partial charge in [-0.2, -0.15) is 0 Å². The number of esters is 1. The Kier molecular flexibility index (Phi) is 6.36. The zero-order valence-electron chi connectivity index (χ0n) is 18.1. The lowest BCUT2D eigenvalue weighted by Gasteiger charge is -2.06. The normalized spacial score (nSPS) is 11.1. The molecule has 0 spiro atoms. The third-order valence-electron chi connectivity index (χ3n) is 5.00. The lowest BCUT2D eigenvalue weighted by Crippen LogP contribution is -2.09. The minimum absolute atomic E-state index is 0.225. The van der Waals surface area contributed by atoms with E-state index in [1.54, 1.807) is 67.6 Å². The monoisotopic (exact) mass is 444 g/mol. The predicted octanol–water partition coefficient (Wildman–Crippen LogP) is 6.39. The largest absolute Gasteiger partial charge is 0.494 e. The first kappa shape index (κ1) is 22.0. The lowest BCUT2D eigenvalue weighted by atomic mass is 10.1. The van der Waals surface area contributed by atoms with Gasteiger partial charge in [0.15, 0.2) is 5.78 Å². The fourth-order valence-electron chi connectivity index (χ4n) is 3.40. The van der Waals surface area contributed by atoms with Crippen LogP contribution < -0.4 is 9.47 Å². The minimum Gasteiger partial charge on any atom is -0.494 e. The maximum Gasteiger partial charge on any atom is 0.347 e. The van der Waals surface area contributed by atoms with Gasteiger partial charge in [-0.25, -0.2) is 9.18 Å². The summed E-state index contributed by atoms with van der Waals surface area (Å²) >= 11 is 0. The number of ether oxygens (including phenoxy) is 2. The molecule has 5 nitrogen and oxygen atoms in total. The number of furan rings is 1. The van der Waals surface area contributed by atoms with E-state index in [9.17, 15) is 14.0 Å². The van der Waals surface area contributed by atoms with E-state index in [-0.39, 0.29) is 11.6 Å². The topological polar surface area (TPSA) is 65.7 Å². The van der Waals surface area contributed by atoms with Gasteiger partial charge < -0.3 is 13.9 Å². The number of rotatable bonds is 7. The van der Waals surface area contributed by atoms with Gasteiger partial charge in [0, 0.05) is 10.9 Å². The van der Waals surface area contributed by atoms with Crippen molar-refractivity contribution in [2.75, 3.05) is 6.61 Å². The van der Waals surface area contributed by atoms with Gasteiger partial charge in [-0.1, -0.05) is 18.2 Å². The molecule has 3 aromatic carbocycles. The van der Waals surface area contributed by atoms with Crippen molar-refractivity contribution in [3.63, 3.8) is 0 Å². The molecule has 4 aromatic rings. The van der Waals surface area contributed by atoms with E-state index in [1.165, 1.54) is 18.2 Å². The Balaban J connectivity index is 1.48. The minimum atomic E-state index is -0.560. The van der Waals surface area contributed by atoms with Gasteiger partial charge in [0.05, 0.1) is 6.61 Å². The summed E-state index contributed by atoms with van der Waals surface area (Å²) in [5.41, 5.74) is 2.04. The van der Waals surface area contributed by atoms with Gasteiger partial charge in [-0.15, -0.1) is 0 Å². The summed E-state index contributed by atoms with van der Waals surface area (Å²) in [6.07, 6.45) is 3.02. The van der Waals surface area contributed by atoms with Crippen LogP contribution in [0.4, 0.5) is 4.39 Å². The maximum absolute atomic E-state index is 13.0. The van der Waals surface area contributed by atoms with Gasteiger partial charge in [0.25, 0.3) is 0 Å². The van der Waals surface area contributed by atoms with Crippen molar-refractivity contribution in [2.24, 2.45) is 0 Å². The highest BCUT2D eigenvalue weighted by atomic mass is 19.1. The molecule has 0 aliphatic rings. The van der Waals surface area contributed by atoms with Gasteiger partial charge >= 0.3 is 5.97 Å². The first-order valence-electron chi connectivity index (χ1n) is 10.4. The smallest absolute Gasteiger partial charge is 0.347 e. The summed E-state index contributed by atoms with van der Waals surface area (Å²) in [7, 11) is 0. The molecule has 0 saturated heterocycles. The second-order valence-corrected chi connectivity index (χ2v) is 7.29. The quantitative estimate of drug-likeness (QED) is 0.143. The number of aryl methyl sites for hydroxylation is 1. The van der Waals surface area contributed by atoms with Crippen molar-refractivity contribution in [3.8, 4) is 11.5 Å². The molecule has 0 amide bonds. The first-order valence-corrected chi connectivity index (χ1v) is 10.4. The standard InChI is InChI=1S/C27H21FO5/c1-3-31-22-13-15-25-23(16-22)26(17(2)32-25)27(30)33-21-11-7-19(8-12-21)24(29)14-6-18-4-9-20(28)10-5-18/h4-16H,3H2,1-2H3/b14-6+. The van der Waals surface area contributed by atoms with E-state index < -0.39 is 5.97 Å². The number of fused-ring (bicyclic) bond motifs is 1. The second-order valence-electron chi connectivity index (χ2n) is 7.29. The van der Waals surface area contributed by atoms with Crippen molar-refractivity contribution in [1.82, 2.24) is 0 Å². The third-order valence-corrected chi connectivity index (χ3v) is 5.00. The van der Waals surface area contributed by atoms with Gasteiger partial charge in [-0.3, -0.25) is 4.79 Å². The van der Waals surface area contributed by atoms with Crippen LogP contribution >= 0.6 is 0 Å². The first-order chi connectivity index (χ1) is 15.9. The molecule has 6 heteroatoms. The van der Waals surface area contributed by atoms with Crippen LogP contribution in [-0.2, 0) is 0 Å². The van der Waals surface area contributed by atoms with Gasteiger partial charge in [0.1, 0.15) is 34.2 Å². The highest BCUT2D eigenvalue weighted by Gasteiger charge is 2.21. The van der Waals surface area contributed by atoms with Crippen LogP contribution in [0, 0.1) is 12.7 Å². The summed E-state index contributed by atoms with van der Waals surface area (Å²) < 4.78 is 29.7. The van der Waals surface area contributed by atoms with Gasteiger partial charge in [-0.05, 0) is 80.1 Å². The van der Waals surface area contributed by atoms with E-state index in [0.29, 0.717) is 51.5 Å². The van der Waals surface area contributed by atoms with Crippen LogP contribution in [0.5, 0.6) is 11.5 Å². The van der Waals surface area contributed by atoms with Crippen LogP contribution in [0.15, 0.2) is 77.2 Å². The number of hydrogen-bond acceptors (Lipinski definition) is 5. The second kappa shape index (κ2) is 9.53. The van der Waals surface area contributed by atoms with Crippen molar-refractivity contribution in [2.45, 2.75) is 13.8 Å². The van der Waals surface area contributed by atoms with Crippen molar-refractivity contribution < 1.29 is 27.9 Å². The molecule has 1 aromatic heterocycles. The highest BCUT2D eigenvalue weighted by Crippen LogP contribution is 2.30. The van der Waals surface area contributed by atoms with Crippen molar-refractivity contribution in [3.05, 3.63) is 101 Å². The molecule has 0 bridgehead atoms. The number of hydrogen-bond donors (Lipinski definition) is 0. The van der Waals surface area contributed by atoms with Crippen LogP contribution in [0.1, 0.15) is 39.0 Å². The molecule has 33 heavy (non-hydrogen) atoms. The molecule has 0 aliphatic carbocycles. The molecule has 0 atom stereocenters. The molecule has 0 fully saturated rings. The molecule has 0 aliphatic heterocycles. The summed E-state index contributed by atoms with van der Waals surface area (Å²) in [4.78, 5) is 25.2. The Bertz CT molecular complexity index is 1330. The van der Waals surface area contributed by atoms with E-state index in [2.05, 4.69) is 0 Å². The average molecular weight is 444 g/mol. The Hall–Kier alpha value is -4.19. The molecule has 166 valence electrons. The van der Waals surface area contributed by atoms with Crippen molar-refractivity contribution in [1.29, 1.82) is 0 Å². The summed E-state index contributed by atoms with van der Waals surface area (Å²) in [6, 6.07) is 17.4. The third kappa shape index (κ3) is 5.01. The van der Waals surface area contributed by atoms with Crippen LogP contribution in [0.3, 0.4) is 0 Å². The zero-order chi connectivity index (χ0) is 23.4. The van der Waals surface area contributed by atoms with Gasteiger partial charge in [0.2, 0.25) is 0 Å².